The summed E-state index contributed by atoms with van der Waals surface area (Å²) >= 11 is 5.78. The number of alkyl halides is 3. The Morgan fingerprint density at radius 2 is 1.74 bits per heavy atom. The fourth-order valence-corrected chi connectivity index (χ4v) is 5.18. The molecule has 1 aliphatic rings. The monoisotopic (exact) mass is 476 g/mol. The summed E-state index contributed by atoms with van der Waals surface area (Å²) in [5, 5.41) is 8.60. The maximum Gasteiger partial charge on any atom is 0.417 e. The van der Waals surface area contributed by atoms with Crippen LogP contribution in [0.25, 0.3) is 0 Å². The van der Waals surface area contributed by atoms with Crippen LogP contribution in [0.1, 0.15) is 16.7 Å². The van der Waals surface area contributed by atoms with Crippen LogP contribution >= 0.6 is 11.6 Å². The van der Waals surface area contributed by atoms with Gasteiger partial charge >= 0.3 is 12.1 Å². The van der Waals surface area contributed by atoms with Crippen LogP contribution in [0.15, 0.2) is 41.3 Å². The van der Waals surface area contributed by atoms with Gasteiger partial charge in [0.25, 0.3) is 0 Å². The van der Waals surface area contributed by atoms with E-state index in [9.17, 15) is 26.4 Å². The standard InChI is InChI=1S/C20H20ClF3N2O4S/c1-13-2-4-16(10-14(13)11-19(27)28)31(29,30)26-8-6-25(7-9-26)15-3-5-17(18(21)12-15)20(22,23)24/h2-5,10,12H,6-9,11H2,1H3,(H,27,28). The number of rotatable bonds is 5. The Labute approximate surface area is 182 Å². The van der Waals surface area contributed by atoms with E-state index in [1.165, 1.54) is 28.6 Å². The first-order chi connectivity index (χ1) is 14.4. The second kappa shape index (κ2) is 8.68. The van der Waals surface area contributed by atoms with Crippen molar-refractivity contribution in [3.05, 3.63) is 58.1 Å². The van der Waals surface area contributed by atoms with Crippen molar-refractivity contribution in [2.75, 3.05) is 31.1 Å². The summed E-state index contributed by atoms with van der Waals surface area (Å²) in [5.74, 6) is -1.05. The van der Waals surface area contributed by atoms with Gasteiger partial charge in [0.2, 0.25) is 10.0 Å². The predicted octanol–water partition coefficient (Wildman–Crippen LogP) is 3.81. The highest BCUT2D eigenvalue weighted by Crippen LogP contribution is 2.36. The summed E-state index contributed by atoms with van der Waals surface area (Å²) in [4.78, 5) is 12.8. The summed E-state index contributed by atoms with van der Waals surface area (Å²) < 4.78 is 65.9. The third-order valence-electron chi connectivity index (χ3n) is 5.16. The minimum atomic E-state index is -4.55. The largest absolute Gasteiger partial charge is 0.481 e. The van der Waals surface area contributed by atoms with E-state index in [1.54, 1.807) is 17.9 Å². The number of benzene rings is 2. The van der Waals surface area contributed by atoms with Gasteiger partial charge in [-0.25, -0.2) is 8.42 Å². The molecule has 1 aliphatic heterocycles. The van der Waals surface area contributed by atoms with Crippen LogP contribution in [0.5, 0.6) is 0 Å². The highest BCUT2D eigenvalue weighted by Gasteiger charge is 2.34. The minimum absolute atomic E-state index is 0.0142. The van der Waals surface area contributed by atoms with Gasteiger partial charge in [0, 0.05) is 31.9 Å². The van der Waals surface area contributed by atoms with Crippen LogP contribution in [-0.2, 0) is 27.4 Å². The quantitative estimate of drug-likeness (QED) is 0.710. The molecule has 11 heteroatoms. The van der Waals surface area contributed by atoms with Gasteiger partial charge in [-0.05, 0) is 48.4 Å². The number of aryl methyl sites for hydroxylation is 1. The van der Waals surface area contributed by atoms with E-state index < -0.39 is 32.8 Å². The molecule has 0 saturated carbocycles. The Balaban J connectivity index is 1.75. The molecular weight excluding hydrogens is 457 g/mol. The molecule has 0 spiro atoms. The zero-order valence-corrected chi connectivity index (χ0v) is 18.1. The molecule has 0 atom stereocenters. The molecule has 0 unspecified atom stereocenters. The molecule has 1 N–H and O–H groups in total. The van der Waals surface area contributed by atoms with Crippen molar-refractivity contribution in [3.63, 3.8) is 0 Å². The highest BCUT2D eigenvalue weighted by atomic mass is 35.5. The van der Waals surface area contributed by atoms with E-state index in [2.05, 4.69) is 0 Å². The molecule has 3 rings (SSSR count). The number of carboxylic acid groups (broad SMARTS) is 1. The first-order valence-electron chi connectivity index (χ1n) is 9.33. The van der Waals surface area contributed by atoms with Gasteiger partial charge in [0.15, 0.2) is 0 Å². The Morgan fingerprint density at radius 3 is 2.29 bits per heavy atom. The molecule has 2 aromatic rings. The van der Waals surface area contributed by atoms with Gasteiger partial charge in [-0.3, -0.25) is 4.79 Å². The third kappa shape index (κ3) is 5.13. The molecule has 1 fully saturated rings. The van der Waals surface area contributed by atoms with Crippen LogP contribution in [-0.4, -0.2) is 50.0 Å². The maximum absolute atomic E-state index is 13.0. The fourth-order valence-electron chi connectivity index (χ4n) is 3.43. The smallest absolute Gasteiger partial charge is 0.417 e. The predicted molar refractivity (Wildman–Crippen MR) is 110 cm³/mol. The van der Waals surface area contributed by atoms with Gasteiger partial charge in [0.05, 0.1) is 21.9 Å². The normalized spacial score (nSPS) is 15.8. The van der Waals surface area contributed by atoms with E-state index in [0.717, 1.165) is 6.07 Å². The van der Waals surface area contributed by atoms with Crippen LogP contribution in [0.4, 0.5) is 18.9 Å². The Hall–Kier alpha value is -2.30. The number of halogens is 4. The second-order valence-electron chi connectivity index (χ2n) is 7.21. The first kappa shape index (κ1) is 23.4. The number of nitrogens with zero attached hydrogens (tertiary/aromatic N) is 2. The van der Waals surface area contributed by atoms with Crippen LogP contribution in [0.2, 0.25) is 5.02 Å². The van der Waals surface area contributed by atoms with Crippen molar-refractivity contribution in [2.45, 2.75) is 24.4 Å². The number of carboxylic acids is 1. The van der Waals surface area contributed by atoms with Crippen molar-refractivity contribution in [2.24, 2.45) is 0 Å². The number of anilines is 1. The molecule has 0 aromatic heterocycles. The number of aliphatic carboxylic acids is 1. The van der Waals surface area contributed by atoms with E-state index in [1.807, 2.05) is 0 Å². The Bertz CT molecular complexity index is 1100. The summed E-state index contributed by atoms with van der Waals surface area (Å²) in [6.07, 6.45) is -4.83. The zero-order chi connectivity index (χ0) is 23.0. The fraction of sp³-hybridized carbons (Fsp3) is 0.350. The van der Waals surface area contributed by atoms with Crippen molar-refractivity contribution >= 4 is 33.3 Å². The average Bonchev–Trinajstić information content (AvgIpc) is 2.68. The van der Waals surface area contributed by atoms with Crippen LogP contribution in [0.3, 0.4) is 0 Å². The number of hydrogen-bond donors (Lipinski definition) is 1. The molecule has 0 bridgehead atoms. The van der Waals surface area contributed by atoms with Crippen LogP contribution in [0, 0.1) is 6.92 Å². The molecule has 2 aromatic carbocycles. The molecular formula is C20H20ClF3N2O4S. The van der Waals surface area contributed by atoms with E-state index in [-0.39, 0.29) is 37.5 Å². The average molecular weight is 477 g/mol. The lowest BCUT2D eigenvalue weighted by molar-refractivity contribution is -0.138. The van der Waals surface area contributed by atoms with Crippen molar-refractivity contribution in [1.29, 1.82) is 0 Å². The van der Waals surface area contributed by atoms with Crippen molar-refractivity contribution < 1.29 is 31.5 Å². The molecule has 0 amide bonds. The van der Waals surface area contributed by atoms with Crippen molar-refractivity contribution in [3.8, 4) is 0 Å². The number of hydrogen-bond acceptors (Lipinski definition) is 4. The van der Waals surface area contributed by atoms with E-state index >= 15 is 0 Å². The molecule has 31 heavy (non-hydrogen) atoms. The second-order valence-corrected chi connectivity index (χ2v) is 9.56. The molecule has 1 saturated heterocycles. The number of carbonyl (C=O) groups is 1. The van der Waals surface area contributed by atoms with E-state index in [4.69, 9.17) is 16.7 Å². The lowest BCUT2D eigenvalue weighted by Gasteiger charge is -2.35. The number of piperazine rings is 1. The Kier molecular flexibility index (Phi) is 6.54. The number of sulfonamides is 1. The summed E-state index contributed by atoms with van der Waals surface area (Å²) in [6, 6.07) is 7.85. The lowest BCUT2D eigenvalue weighted by Crippen LogP contribution is -2.48. The topological polar surface area (TPSA) is 77.9 Å². The summed E-state index contributed by atoms with van der Waals surface area (Å²) in [5.41, 5.74) is 0.668. The lowest BCUT2D eigenvalue weighted by atomic mass is 10.1. The third-order valence-corrected chi connectivity index (χ3v) is 7.37. The first-order valence-corrected chi connectivity index (χ1v) is 11.1. The van der Waals surface area contributed by atoms with Gasteiger partial charge in [-0.2, -0.15) is 17.5 Å². The molecule has 6 nitrogen and oxygen atoms in total. The highest BCUT2D eigenvalue weighted by molar-refractivity contribution is 7.89. The Morgan fingerprint density at radius 1 is 1.10 bits per heavy atom. The van der Waals surface area contributed by atoms with Crippen LogP contribution < -0.4 is 4.90 Å². The molecule has 0 aliphatic carbocycles. The summed E-state index contributed by atoms with van der Waals surface area (Å²) in [6.45, 7) is 2.51. The van der Waals surface area contributed by atoms with Gasteiger partial charge in [0.1, 0.15) is 0 Å². The molecule has 0 radical (unpaired) electrons. The maximum atomic E-state index is 13.0. The minimum Gasteiger partial charge on any atom is -0.481 e. The molecule has 168 valence electrons. The van der Waals surface area contributed by atoms with Gasteiger partial charge in [-0.15, -0.1) is 0 Å². The van der Waals surface area contributed by atoms with E-state index in [0.29, 0.717) is 16.8 Å². The summed E-state index contributed by atoms with van der Waals surface area (Å²) in [7, 11) is -3.84. The van der Waals surface area contributed by atoms with Gasteiger partial charge in [-0.1, -0.05) is 17.7 Å². The zero-order valence-electron chi connectivity index (χ0n) is 16.5. The SMILES string of the molecule is Cc1ccc(S(=O)(=O)N2CCN(c3ccc(C(F)(F)F)c(Cl)c3)CC2)cc1CC(=O)O. The van der Waals surface area contributed by atoms with Gasteiger partial charge < -0.3 is 10.0 Å². The molecule has 1 heterocycles. The van der Waals surface area contributed by atoms with Crippen molar-refractivity contribution in [1.82, 2.24) is 4.31 Å².